The van der Waals surface area contributed by atoms with Gasteiger partial charge in [0, 0.05) is 33.9 Å². The van der Waals surface area contributed by atoms with Crippen molar-refractivity contribution in [1.82, 2.24) is 0 Å². The van der Waals surface area contributed by atoms with E-state index < -0.39 is 5.82 Å². The van der Waals surface area contributed by atoms with E-state index in [2.05, 4.69) is 0 Å². The topological polar surface area (TPSA) is 77.5 Å². The number of aldehydes is 2. The minimum atomic E-state index is -0.401. The molecule has 0 amide bonds. The molecule has 0 fully saturated rings. The van der Waals surface area contributed by atoms with Crippen LogP contribution in [-0.4, -0.2) is 18.4 Å². The van der Waals surface area contributed by atoms with Crippen LogP contribution in [0.1, 0.15) is 48.2 Å². The number of hydrogen-bond donors (Lipinski definition) is 0. The summed E-state index contributed by atoms with van der Waals surface area (Å²) in [5.74, 6) is -0.0149. The first-order chi connectivity index (χ1) is 18.9. The molecule has 7 heteroatoms. The number of benzene rings is 4. The summed E-state index contributed by atoms with van der Waals surface area (Å²) in [6.45, 7) is 0. The fraction of sp³-hybridized carbons (Fsp3) is 0.0312. The number of halogens is 2. The summed E-state index contributed by atoms with van der Waals surface area (Å²) in [4.78, 5) is 33.6. The second-order valence-electron chi connectivity index (χ2n) is 8.79. The molecule has 0 N–H and O–H groups in total. The Balaban J connectivity index is 0.000000158. The zero-order chi connectivity index (χ0) is 27.4. The van der Waals surface area contributed by atoms with E-state index >= 15 is 0 Å². The minimum absolute atomic E-state index is 0.162. The summed E-state index contributed by atoms with van der Waals surface area (Å²) in [6.07, 6.45) is 2.14. The number of carbonyl (C=O) groups excluding carboxylic acids is 3. The molecule has 4 aromatic carbocycles. The summed E-state index contributed by atoms with van der Waals surface area (Å²) in [5, 5.41) is 1.58. The third-order valence-corrected chi connectivity index (χ3v) is 6.03. The number of fused-ring (bicyclic) bond motifs is 2. The van der Waals surface area contributed by atoms with Gasteiger partial charge in [0.05, 0.1) is 0 Å². The first-order valence-corrected chi connectivity index (χ1v) is 11.9. The Morgan fingerprint density at radius 1 is 0.641 bits per heavy atom. The number of hydrogen-bond acceptors (Lipinski definition) is 5. The Kier molecular flexibility index (Phi) is 7.23. The third kappa shape index (κ3) is 5.88. The van der Waals surface area contributed by atoms with Crippen LogP contribution in [0.3, 0.4) is 0 Å². The molecule has 0 unspecified atom stereocenters. The highest BCUT2D eigenvalue weighted by Crippen LogP contribution is 2.24. The third-order valence-electron chi connectivity index (χ3n) is 6.03. The van der Waals surface area contributed by atoms with Crippen LogP contribution in [-0.2, 0) is 6.42 Å². The highest BCUT2D eigenvalue weighted by Gasteiger charge is 2.15. The molecule has 0 aliphatic rings. The van der Waals surface area contributed by atoms with E-state index in [1.807, 2.05) is 6.07 Å². The van der Waals surface area contributed by atoms with Crippen LogP contribution in [0, 0.1) is 11.6 Å². The maximum atomic E-state index is 12.8. The van der Waals surface area contributed by atoms with Crippen molar-refractivity contribution in [2.45, 2.75) is 6.42 Å². The molecule has 0 atom stereocenters. The molecule has 6 aromatic rings. The van der Waals surface area contributed by atoms with Crippen LogP contribution < -0.4 is 0 Å². The second-order valence-corrected chi connectivity index (χ2v) is 8.79. The van der Waals surface area contributed by atoms with Crippen molar-refractivity contribution >= 4 is 40.3 Å². The predicted octanol–water partition coefficient (Wildman–Crippen LogP) is 7.59. The molecule has 0 radical (unpaired) electrons. The maximum absolute atomic E-state index is 12.8. The molecular weight excluding hydrogens is 502 g/mol. The van der Waals surface area contributed by atoms with Gasteiger partial charge < -0.3 is 8.83 Å². The van der Waals surface area contributed by atoms with Gasteiger partial charge in [0.25, 0.3) is 0 Å². The number of furan rings is 2. The van der Waals surface area contributed by atoms with Crippen LogP contribution in [0.4, 0.5) is 8.78 Å². The van der Waals surface area contributed by atoms with E-state index in [1.54, 1.807) is 54.6 Å². The average Bonchev–Trinajstić information content (AvgIpc) is 3.57. The van der Waals surface area contributed by atoms with Gasteiger partial charge in [-0.1, -0.05) is 12.1 Å². The first-order valence-electron chi connectivity index (χ1n) is 11.9. The van der Waals surface area contributed by atoms with Crippen LogP contribution in [0.5, 0.6) is 0 Å². The summed E-state index contributed by atoms with van der Waals surface area (Å²) in [6, 6.07) is 25.3. The lowest BCUT2D eigenvalue weighted by molar-refractivity contribution is 0.101. The predicted molar refractivity (Wildman–Crippen MR) is 142 cm³/mol. The molecule has 0 bridgehead atoms. The van der Waals surface area contributed by atoms with Crippen molar-refractivity contribution in [3.8, 4) is 0 Å². The Hall–Kier alpha value is -5.17. The second kappa shape index (κ2) is 11.1. The van der Waals surface area contributed by atoms with Crippen LogP contribution in [0.15, 0.2) is 106 Å². The lowest BCUT2D eigenvalue weighted by Gasteiger charge is -1.97. The lowest BCUT2D eigenvalue weighted by atomic mass is 10.1. The summed E-state index contributed by atoms with van der Waals surface area (Å²) in [5.41, 5.74) is 3.75. The average molecular weight is 523 g/mol. The quantitative estimate of drug-likeness (QED) is 0.166. The van der Waals surface area contributed by atoms with Crippen LogP contribution in [0.2, 0.25) is 0 Å². The monoisotopic (exact) mass is 522 g/mol. The molecule has 0 saturated heterocycles. The molecular formula is C32H20F2O5. The molecule has 5 nitrogen and oxygen atoms in total. The Labute approximate surface area is 221 Å². The van der Waals surface area contributed by atoms with Crippen molar-refractivity contribution in [1.29, 1.82) is 0 Å². The fourth-order valence-corrected chi connectivity index (χ4v) is 4.07. The Bertz CT molecular complexity index is 1800. The molecule has 0 spiro atoms. The summed E-state index contributed by atoms with van der Waals surface area (Å²) < 4.78 is 36.8. The van der Waals surface area contributed by atoms with Gasteiger partial charge in [-0.3, -0.25) is 14.4 Å². The van der Waals surface area contributed by atoms with Gasteiger partial charge in [-0.25, -0.2) is 8.78 Å². The van der Waals surface area contributed by atoms with Gasteiger partial charge >= 0.3 is 0 Å². The summed E-state index contributed by atoms with van der Waals surface area (Å²) in [7, 11) is 0. The molecule has 192 valence electrons. The van der Waals surface area contributed by atoms with Crippen molar-refractivity contribution < 1.29 is 32.0 Å². The molecule has 6 rings (SSSR count). The van der Waals surface area contributed by atoms with Crippen molar-refractivity contribution in [3.05, 3.63) is 142 Å². The van der Waals surface area contributed by atoms with E-state index in [1.165, 1.54) is 36.4 Å². The molecule has 2 aromatic heterocycles. The van der Waals surface area contributed by atoms with Crippen molar-refractivity contribution in [2.75, 3.05) is 0 Å². The smallest absolute Gasteiger partial charge is 0.228 e. The van der Waals surface area contributed by atoms with Gasteiger partial charge in [-0.15, -0.1) is 0 Å². The number of rotatable bonds is 6. The Morgan fingerprint density at radius 2 is 1.18 bits per heavy atom. The number of ketones is 1. The standard InChI is InChI=1S/C16H9FO3.C16H11FO2/c17-13-4-2-11(3-5-13)16(19)15-8-12-7-10(9-18)1-6-14(12)20-15;17-14-4-1-11(2-5-14)8-15-9-13-7-12(10-18)3-6-16(13)19-15/h1-9H;1-7,9-10H,8H2. The van der Waals surface area contributed by atoms with E-state index in [4.69, 9.17) is 8.83 Å². The van der Waals surface area contributed by atoms with Crippen LogP contribution in [0.25, 0.3) is 21.9 Å². The normalized spacial score (nSPS) is 10.7. The molecule has 0 saturated carbocycles. The largest absolute Gasteiger partial charge is 0.461 e. The van der Waals surface area contributed by atoms with E-state index in [-0.39, 0.29) is 17.4 Å². The van der Waals surface area contributed by atoms with E-state index in [0.29, 0.717) is 34.1 Å². The van der Waals surface area contributed by atoms with Gasteiger partial charge in [-0.2, -0.15) is 0 Å². The molecule has 2 heterocycles. The highest BCUT2D eigenvalue weighted by molar-refractivity contribution is 6.09. The fourth-order valence-electron chi connectivity index (χ4n) is 4.07. The lowest BCUT2D eigenvalue weighted by Crippen LogP contribution is -1.99. The Morgan fingerprint density at radius 3 is 1.77 bits per heavy atom. The number of carbonyl (C=O) groups is 3. The van der Waals surface area contributed by atoms with Gasteiger partial charge in [-0.05, 0) is 90.5 Å². The van der Waals surface area contributed by atoms with E-state index in [0.717, 1.165) is 34.9 Å². The maximum Gasteiger partial charge on any atom is 0.228 e. The van der Waals surface area contributed by atoms with E-state index in [9.17, 15) is 23.2 Å². The van der Waals surface area contributed by atoms with Crippen molar-refractivity contribution in [2.24, 2.45) is 0 Å². The van der Waals surface area contributed by atoms with Gasteiger partial charge in [0.2, 0.25) is 5.78 Å². The van der Waals surface area contributed by atoms with Gasteiger partial charge in [0.1, 0.15) is 41.1 Å². The minimum Gasteiger partial charge on any atom is -0.461 e. The van der Waals surface area contributed by atoms with Gasteiger partial charge in [0.15, 0.2) is 5.76 Å². The zero-order valence-corrected chi connectivity index (χ0v) is 20.4. The summed E-state index contributed by atoms with van der Waals surface area (Å²) >= 11 is 0. The highest BCUT2D eigenvalue weighted by atomic mass is 19.1. The molecule has 0 aliphatic heterocycles. The molecule has 0 aliphatic carbocycles. The molecule has 39 heavy (non-hydrogen) atoms. The van der Waals surface area contributed by atoms with Crippen molar-refractivity contribution in [3.63, 3.8) is 0 Å². The van der Waals surface area contributed by atoms with Crippen LogP contribution >= 0.6 is 0 Å². The SMILES string of the molecule is O=Cc1ccc2oc(C(=O)c3ccc(F)cc3)cc2c1.O=Cc1ccc2oc(Cc3ccc(F)cc3)cc2c1. The first kappa shape index (κ1) is 25.5. The zero-order valence-electron chi connectivity index (χ0n) is 20.4.